The molecule has 2 aliphatic rings. The molecule has 1 aromatic carbocycles. The van der Waals surface area contributed by atoms with E-state index < -0.39 is 0 Å². The van der Waals surface area contributed by atoms with Crippen molar-refractivity contribution in [1.29, 1.82) is 0 Å². The number of amides is 1. The van der Waals surface area contributed by atoms with Crippen molar-refractivity contribution in [2.45, 2.75) is 56.3 Å². The Kier molecular flexibility index (Phi) is 3.37. The molecular formula is C17H24N2OS. The molecule has 1 aliphatic heterocycles. The van der Waals surface area contributed by atoms with Crippen LogP contribution in [0.25, 0.3) is 0 Å². The van der Waals surface area contributed by atoms with Gasteiger partial charge in [0, 0.05) is 27.8 Å². The molecule has 1 fully saturated rings. The van der Waals surface area contributed by atoms with Crippen LogP contribution in [0.4, 0.5) is 0 Å². The summed E-state index contributed by atoms with van der Waals surface area (Å²) in [5.41, 5.74) is 7.46. The summed E-state index contributed by atoms with van der Waals surface area (Å²) < 4.78 is 0. The zero-order chi connectivity index (χ0) is 15.4. The summed E-state index contributed by atoms with van der Waals surface area (Å²) >= 11 is 1.68. The van der Waals surface area contributed by atoms with E-state index in [1.807, 2.05) is 12.1 Å². The van der Waals surface area contributed by atoms with Gasteiger partial charge in [-0.25, -0.2) is 0 Å². The molecule has 1 saturated carbocycles. The van der Waals surface area contributed by atoms with Gasteiger partial charge in [0.15, 0.2) is 0 Å². The SMILES string of the molecule is CC1(C)C(N)C(C)(C)C1NC(=O)C1Cc2ccccc2S1. The summed E-state index contributed by atoms with van der Waals surface area (Å²) in [6.07, 6.45) is 0.826. The highest BCUT2D eigenvalue weighted by atomic mass is 32.2. The molecule has 1 aliphatic carbocycles. The number of benzene rings is 1. The van der Waals surface area contributed by atoms with Gasteiger partial charge in [-0.2, -0.15) is 0 Å². The van der Waals surface area contributed by atoms with Crippen molar-refractivity contribution in [1.82, 2.24) is 5.32 Å². The lowest BCUT2D eigenvalue weighted by Crippen LogP contribution is -2.76. The fourth-order valence-electron chi connectivity index (χ4n) is 4.12. The van der Waals surface area contributed by atoms with Gasteiger partial charge in [0.25, 0.3) is 0 Å². The molecule has 0 saturated heterocycles. The molecular weight excluding hydrogens is 280 g/mol. The van der Waals surface area contributed by atoms with Gasteiger partial charge in [0.1, 0.15) is 0 Å². The predicted molar refractivity (Wildman–Crippen MR) is 87.3 cm³/mol. The predicted octanol–water partition coefficient (Wildman–Crippen LogP) is 2.58. The van der Waals surface area contributed by atoms with Crippen LogP contribution in [0.2, 0.25) is 0 Å². The molecule has 3 rings (SSSR count). The highest BCUT2D eigenvalue weighted by Gasteiger charge is 2.60. The van der Waals surface area contributed by atoms with Crippen molar-refractivity contribution in [3.8, 4) is 0 Å². The summed E-state index contributed by atoms with van der Waals surface area (Å²) in [6, 6.07) is 8.53. The van der Waals surface area contributed by atoms with Gasteiger partial charge < -0.3 is 11.1 Å². The Morgan fingerprint density at radius 1 is 1.24 bits per heavy atom. The van der Waals surface area contributed by atoms with Gasteiger partial charge in [-0.3, -0.25) is 4.79 Å². The van der Waals surface area contributed by atoms with Crippen molar-refractivity contribution in [3.05, 3.63) is 29.8 Å². The maximum atomic E-state index is 12.6. The number of hydrogen-bond acceptors (Lipinski definition) is 3. The fourth-order valence-corrected chi connectivity index (χ4v) is 5.32. The summed E-state index contributed by atoms with van der Waals surface area (Å²) in [6.45, 7) is 8.57. The lowest BCUT2D eigenvalue weighted by atomic mass is 9.48. The second kappa shape index (κ2) is 4.75. The number of fused-ring (bicyclic) bond motifs is 1. The average Bonchev–Trinajstić information content (AvgIpc) is 2.87. The number of nitrogens with one attached hydrogen (secondary N) is 1. The van der Waals surface area contributed by atoms with E-state index in [1.165, 1.54) is 10.5 Å². The third-order valence-electron chi connectivity index (χ3n) is 5.32. The lowest BCUT2D eigenvalue weighted by molar-refractivity contribution is -0.131. The second-order valence-electron chi connectivity index (χ2n) is 7.48. The van der Waals surface area contributed by atoms with Crippen LogP contribution < -0.4 is 11.1 Å². The monoisotopic (exact) mass is 304 g/mol. The van der Waals surface area contributed by atoms with E-state index in [4.69, 9.17) is 5.73 Å². The molecule has 3 N–H and O–H groups in total. The first-order valence-corrected chi connectivity index (χ1v) is 8.43. The van der Waals surface area contributed by atoms with Crippen molar-refractivity contribution < 1.29 is 4.79 Å². The van der Waals surface area contributed by atoms with Crippen molar-refractivity contribution in [2.75, 3.05) is 0 Å². The third kappa shape index (κ3) is 2.20. The minimum atomic E-state index is -0.0463. The largest absolute Gasteiger partial charge is 0.351 e. The molecule has 1 atom stereocenters. The standard InChI is InChI=1S/C17H24N2OS/c1-16(2)14(18)17(3,4)15(16)19-13(20)12-9-10-7-5-6-8-11(10)21-12/h5-8,12,14-15H,9,18H2,1-4H3,(H,19,20). The van der Waals surface area contributed by atoms with Gasteiger partial charge in [-0.1, -0.05) is 45.9 Å². The molecule has 0 radical (unpaired) electrons. The van der Waals surface area contributed by atoms with Gasteiger partial charge in [0.05, 0.1) is 5.25 Å². The van der Waals surface area contributed by atoms with Crippen LogP contribution in [0, 0.1) is 10.8 Å². The minimum Gasteiger partial charge on any atom is -0.351 e. The molecule has 1 aromatic rings. The molecule has 3 nitrogen and oxygen atoms in total. The van der Waals surface area contributed by atoms with Crippen LogP contribution in [0.5, 0.6) is 0 Å². The van der Waals surface area contributed by atoms with Crippen LogP contribution in [0.3, 0.4) is 0 Å². The molecule has 0 spiro atoms. The maximum absolute atomic E-state index is 12.6. The summed E-state index contributed by atoms with van der Waals surface area (Å²) in [5.74, 6) is 0.147. The number of hydrogen-bond donors (Lipinski definition) is 2. The van der Waals surface area contributed by atoms with E-state index in [9.17, 15) is 4.79 Å². The molecule has 4 heteroatoms. The van der Waals surface area contributed by atoms with Crippen molar-refractivity contribution in [3.63, 3.8) is 0 Å². The minimum absolute atomic E-state index is 0.00850. The molecule has 1 heterocycles. The van der Waals surface area contributed by atoms with E-state index in [0.29, 0.717) is 0 Å². The van der Waals surface area contributed by atoms with Crippen molar-refractivity contribution in [2.24, 2.45) is 16.6 Å². The van der Waals surface area contributed by atoms with Crippen LogP contribution >= 0.6 is 11.8 Å². The molecule has 1 amide bonds. The van der Waals surface area contributed by atoms with Crippen molar-refractivity contribution >= 4 is 17.7 Å². The van der Waals surface area contributed by atoms with Crippen LogP contribution in [-0.4, -0.2) is 23.2 Å². The Morgan fingerprint density at radius 3 is 2.48 bits per heavy atom. The molecule has 114 valence electrons. The maximum Gasteiger partial charge on any atom is 0.234 e. The van der Waals surface area contributed by atoms with E-state index in [-0.39, 0.29) is 34.1 Å². The number of rotatable bonds is 2. The highest BCUT2D eigenvalue weighted by Crippen LogP contribution is 2.52. The van der Waals surface area contributed by atoms with E-state index in [1.54, 1.807) is 11.8 Å². The average molecular weight is 304 g/mol. The molecule has 1 unspecified atom stereocenters. The van der Waals surface area contributed by atoms with E-state index in [2.05, 4.69) is 45.1 Å². The van der Waals surface area contributed by atoms with Gasteiger partial charge in [0.2, 0.25) is 5.91 Å². The van der Waals surface area contributed by atoms with E-state index in [0.717, 1.165) is 6.42 Å². The molecule has 21 heavy (non-hydrogen) atoms. The quantitative estimate of drug-likeness (QED) is 0.883. The Hall–Kier alpha value is -1.00. The molecule has 0 bridgehead atoms. The number of nitrogens with two attached hydrogens (primary N) is 1. The van der Waals surface area contributed by atoms with Crippen LogP contribution in [0.15, 0.2) is 29.2 Å². The zero-order valence-electron chi connectivity index (χ0n) is 13.1. The summed E-state index contributed by atoms with van der Waals surface area (Å²) in [7, 11) is 0. The smallest absolute Gasteiger partial charge is 0.234 e. The fraction of sp³-hybridized carbons (Fsp3) is 0.588. The van der Waals surface area contributed by atoms with Gasteiger partial charge in [-0.05, 0) is 18.1 Å². The lowest BCUT2D eigenvalue weighted by Gasteiger charge is -2.63. The van der Waals surface area contributed by atoms with Crippen LogP contribution in [-0.2, 0) is 11.2 Å². The zero-order valence-corrected chi connectivity index (χ0v) is 14.0. The second-order valence-corrected chi connectivity index (χ2v) is 8.72. The number of carbonyl (C=O) groups excluding carboxylic acids is 1. The summed E-state index contributed by atoms with van der Waals surface area (Å²) in [5, 5.41) is 3.26. The Bertz CT molecular complexity index is 541. The topological polar surface area (TPSA) is 55.1 Å². The first-order chi connectivity index (χ1) is 9.74. The highest BCUT2D eigenvalue weighted by molar-refractivity contribution is 8.01. The number of carbonyl (C=O) groups is 1. The van der Waals surface area contributed by atoms with Gasteiger partial charge >= 0.3 is 0 Å². The van der Waals surface area contributed by atoms with Gasteiger partial charge in [-0.15, -0.1) is 11.8 Å². The Morgan fingerprint density at radius 2 is 1.86 bits per heavy atom. The Balaban J connectivity index is 1.69. The first-order valence-electron chi connectivity index (χ1n) is 7.55. The first kappa shape index (κ1) is 14.9. The normalized spacial score (nSPS) is 32.1. The molecule has 0 aromatic heterocycles. The summed E-state index contributed by atoms with van der Waals surface area (Å²) in [4.78, 5) is 13.9. The Labute approximate surface area is 131 Å². The van der Waals surface area contributed by atoms with Crippen LogP contribution in [0.1, 0.15) is 33.3 Å². The number of thioether (sulfide) groups is 1. The van der Waals surface area contributed by atoms with E-state index >= 15 is 0 Å². The third-order valence-corrected chi connectivity index (χ3v) is 6.63.